The van der Waals surface area contributed by atoms with Gasteiger partial charge in [0.15, 0.2) is 10.9 Å². The van der Waals surface area contributed by atoms with Crippen LogP contribution in [0.2, 0.25) is 5.02 Å². The first kappa shape index (κ1) is 21.4. The first-order chi connectivity index (χ1) is 14.9. The maximum atomic E-state index is 12.5. The smallest absolute Gasteiger partial charge is 0.293 e. The van der Waals surface area contributed by atoms with Crippen LogP contribution >= 0.6 is 23.8 Å². The summed E-state index contributed by atoms with van der Waals surface area (Å²) >= 11 is 11.7. The molecule has 1 aliphatic rings. The average Bonchev–Trinajstić information content (AvgIpc) is 3.42. The molecule has 0 spiro atoms. The Morgan fingerprint density at radius 1 is 1.03 bits per heavy atom. The van der Waals surface area contributed by atoms with Crippen LogP contribution in [0.1, 0.15) is 34.5 Å². The Balaban J connectivity index is 1.39. The fourth-order valence-corrected chi connectivity index (χ4v) is 4.15. The highest BCUT2D eigenvalue weighted by Crippen LogP contribution is 2.31. The number of hydrogen-bond donors (Lipinski definition) is 2. The first-order valence-electron chi connectivity index (χ1n) is 10.2. The summed E-state index contributed by atoms with van der Waals surface area (Å²) in [5.41, 5.74) is 5.04. The number of furan rings is 1. The summed E-state index contributed by atoms with van der Waals surface area (Å²) in [7, 11) is 0. The van der Waals surface area contributed by atoms with Crippen molar-refractivity contribution in [1.82, 2.24) is 5.32 Å². The summed E-state index contributed by atoms with van der Waals surface area (Å²) in [4.78, 5) is 14.8. The molecule has 0 aliphatic carbocycles. The van der Waals surface area contributed by atoms with E-state index in [9.17, 15) is 4.79 Å². The van der Waals surface area contributed by atoms with Crippen molar-refractivity contribution in [3.63, 3.8) is 0 Å². The molecular formula is C24H24ClN3O2S. The van der Waals surface area contributed by atoms with Gasteiger partial charge in [-0.1, -0.05) is 23.7 Å². The van der Waals surface area contributed by atoms with Gasteiger partial charge in [0.25, 0.3) is 5.91 Å². The second-order valence-corrected chi connectivity index (χ2v) is 8.55. The van der Waals surface area contributed by atoms with Gasteiger partial charge >= 0.3 is 0 Å². The lowest BCUT2D eigenvalue weighted by Crippen LogP contribution is -2.33. The Hall–Kier alpha value is -2.83. The Labute approximate surface area is 192 Å². The van der Waals surface area contributed by atoms with Crippen molar-refractivity contribution in [2.75, 3.05) is 23.3 Å². The minimum atomic E-state index is -0.410. The molecular weight excluding hydrogens is 430 g/mol. The Morgan fingerprint density at radius 3 is 2.52 bits per heavy atom. The molecule has 4 rings (SSSR count). The van der Waals surface area contributed by atoms with E-state index in [1.807, 2.05) is 43.3 Å². The number of benzene rings is 2. The van der Waals surface area contributed by atoms with E-state index >= 15 is 0 Å². The molecule has 2 N–H and O–H groups in total. The lowest BCUT2D eigenvalue weighted by Gasteiger charge is -2.20. The van der Waals surface area contributed by atoms with Crippen molar-refractivity contribution in [2.45, 2.75) is 26.7 Å². The highest BCUT2D eigenvalue weighted by atomic mass is 35.5. The third-order valence-electron chi connectivity index (χ3n) is 5.50. The summed E-state index contributed by atoms with van der Waals surface area (Å²) in [5.74, 6) is 0.420. The van der Waals surface area contributed by atoms with Crippen molar-refractivity contribution in [3.8, 4) is 11.3 Å². The zero-order chi connectivity index (χ0) is 22.0. The van der Waals surface area contributed by atoms with E-state index < -0.39 is 5.91 Å². The van der Waals surface area contributed by atoms with Gasteiger partial charge in [0.05, 0.1) is 10.7 Å². The van der Waals surface area contributed by atoms with Crippen molar-refractivity contribution >= 4 is 46.2 Å². The molecule has 0 unspecified atom stereocenters. The molecule has 0 atom stereocenters. The van der Waals surface area contributed by atoms with Crippen LogP contribution in [0, 0.1) is 13.8 Å². The van der Waals surface area contributed by atoms with Crippen LogP contribution in [0.25, 0.3) is 11.3 Å². The predicted octanol–water partition coefficient (Wildman–Crippen LogP) is 5.94. The number of amides is 1. The van der Waals surface area contributed by atoms with E-state index in [2.05, 4.69) is 22.5 Å². The zero-order valence-electron chi connectivity index (χ0n) is 17.5. The van der Waals surface area contributed by atoms with Gasteiger partial charge in [-0.3, -0.25) is 10.1 Å². The maximum absolute atomic E-state index is 12.5. The Kier molecular flexibility index (Phi) is 6.30. The molecule has 31 heavy (non-hydrogen) atoms. The van der Waals surface area contributed by atoms with Crippen LogP contribution in [0.15, 0.2) is 52.9 Å². The van der Waals surface area contributed by atoms with Crippen molar-refractivity contribution in [3.05, 3.63) is 70.4 Å². The summed E-state index contributed by atoms with van der Waals surface area (Å²) < 4.78 is 5.74. The van der Waals surface area contributed by atoms with Crippen molar-refractivity contribution in [1.29, 1.82) is 0 Å². The standard InChI is InChI=1S/C24H24ClN3O2S/c1-15-5-6-17(13-16(15)2)21-9-10-22(30-21)23(29)27-24(31)26-18-7-8-20(19(25)14-18)28-11-3-4-12-28/h5-10,13-14H,3-4,11-12H2,1-2H3,(H2,26,27,29,31). The number of anilines is 2. The van der Waals surface area contributed by atoms with E-state index in [1.54, 1.807) is 12.1 Å². The monoisotopic (exact) mass is 453 g/mol. The zero-order valence-corrected chi connectivity index (χ0v) is 19.1. The number of nitrogens with zero attached hydrogens (tertiary/aromatic N) is 1. The van der Waals surface area contributed by atoms with E-state index in [1.165, 1.54) is 24.0 Å². The molecule has 0 bridgehead atoms. The number of halogens is 1. The summed E-state index contributed by atoms with van der Waals surface area (Å²) in [6.45, 7) is 6.15. The van der Waals surface area contributed by atoms with Gasteiger partial charge in [-0.05, 0) is 86.4 Å². The number of carbonyl (C=O) groups excluding carboxylic acids is 1. The highest BCUT2D eigenvalue weighted by Gasteiger charge is 2.17. The molecule has 2 aromatic carbocycles. The van der Waals surface area contributed by atoms with Gasteiger partial charge in [-0.15, -0.1) is 0 Å². The molecule has 3 aromatic rings. The van der Waals surface area contributed by atoms with Crippen LogP contribution in [-0.2, 0) is 0 Å². The lowest BCUT2D eigenvalue weighted by molar-refractivity contribution is 0.0951. The summed E-state index contributed by atoms with van der Waals surface area (Å²) in [5, 5.41) is 6.50. The van der Waals surface area contributed by atoms with Crippen LogP contribution < -0.4 is 15.5 Å². The van der Waals surface area contributed by atoms with E-state index in [4.69, 9.17) is 28.2 Å². The van der Waals surface area contributed by atoms with Gasteiger partial charge in [-0.2, -0.15) is 0 Å². The quantitative estimate of drug-likeness (QED) is 0.478. The van der Waals surface area contributed by atoms with Crippen molar-refractivity contribution in [2.24, 2.45) is 0 Å². The molecule has 1 saturated heterocycles. The highest BCUT2D eigenvalue weighted by molar-refractivity contribution is 7.80. The van der Waals surface area contributed by atoms with Gasteiger partial charge in [0, 0.05) is 24.3 Å². The summed E-state index contributed by atoms with van der Waals surface area (Å²) in [6.07, 6.45) is 2.37. The van der Waals surface area contributed by atoms with Crippen LogP contribution in [-0.4, -0.2) is 24.1 Å². The maximum Gasteiger partial charge on any atom is 0.293 e. The van der Waals surface area contributed by atoms with Gasteiger partial charge < -0.3 is 14.6 Å². The fourth-order valence-electron chi connectivity index (χ4n) is 3.64. The number of rotatable bonds is 4. The second-order valence-electron chi connectivity index (χ2n) is 7.73. The van der Waals surface area contributed by atoms with E-state index in [0.29, 0.717) is 16.5 Å². The number of thiocarbonyl (C=S) groups is 1. The van der Waals surface area contributed by atoms with Crippen molar-refractivity contribution < 1.29 is 9.21 Å². The lowest BCUT2D eigenvalue weighted by atomic mass is 10.1. The number of nitrogens with one attached hydrogen (secondary N) is 2. The topological polar surface area (TPSA) is 57.5 Å². The third kappa shape index (κ3) is 4.92. The van der Waals surface area contributed by atoms with Crippen LogP contribution in [0.5, 0.6) is 0 Å². The molecule has 5 nitrogen and oxygen atoms in total. The number of aryl methyl sites for hydroxylation is 2. The first-order valence-corrected chi connectivity index (χ1v) is 11.0. The Morgan fingerprint density at radius 2 is 1.81 bits per heavy atom. The van der Waals surface area contributed by atoms with Gasteiger partial charge in [0.2, 0.25) is 0 Å². The average molecular weight is 454 g/mol. The largest absolute Gasteiger partial charge is 0.451 e. The third-order valence-corrected chi connectivity index (χ3v) is 6.01. The SMILES string of the molecule is Cc1ccc(-c2ccc(C(=O)NC(=S)Nc3ccc(N4CCCC4)c(Cl)c3)o2)cc1C. The molecule has 1 fully saturated rings. The van der Waals surface area contributed by atoms with Gasteiger partial charge in [-0.25, -0.2) is 0 Å². The molecule has 0 radical (unpaired) electrons. The fraction of sp³-hybridized carbons (Fsp3) is 0.250. The van der Waals surface area contributed by atoms with Crippen LogP contribution in [0.3, 0.4) is 0 Å². The number of carbonyl (C=O) groups is 1. The molecule has 2 heterocycles. The Bertz CT molecular complexity index is 1140. The van der Waals surface area contributed by atoms with E-state index in [-0.39, 0.29) is 10.9 Å². The molecule has 0 saturated carbocycles. The molecule has 160 valence electrons. The van der Waals surface area contributed by atoms with Gasteiger partial charge in [0.1, 0.15) is 5.76 Å². The second kappa shape index (κ2) is 9.12. The molecule has 1 aliphatic heterocycles. The minimum Gasteiger partial charge on any atom is -0.451 e. The minimum absolute atomic E-state index is 0.180. The molecule has 1 aromatic heterocycles. The normalized spacial score (nSPS) is 13.3. The van der Waals surface area contributed by atoms with Crippen LogP contribution in [0.4, 0.5) is 11.4 Å². The predicted molar refractivity (Wildman–Crippen MR) is 130 cm³/mol. The molecule has 7 heteroatoms. The van der Waals surface area contributed by atoms with E-state index in [0.717, 1.165) is 24.3 Å². The number of hydrogen-bond acceptors (Lipinski definition) is 4. The summed E-state index contributed by atoms with van der Waals surface area (Å²) in [6, 6.07) is 15.2. The molecule has 1 amide bonds.